The molecule has 2 aromatic carbocycles. The van der Waals surface area contributed by atoms with Crippen LogP contribution in [0.1, 0.15) is 17.5 Å². The Balaban J connectivity index is 2.15. The van der Waals surface area contributed by atoms with Gasteiger partial charge in [0.25, 0.3) is 10.0 Å². The fourth-order valence-corrected chi connectivity index (χ4v) is 4.50. The maximum absolute atomic E-state index is 13.2. The highest BCUT2D eigenvalue weighted by Gasteiger charge is 2.38. The Morgan fingerprint density at radius 1 is 1.16 bits per heavy atom. The molecule has 7 heteroatoms. The number of carboxylic acids is 1. The van der Waals surface area contributed by atoms with Gasteiger partial charge in [0.15, 0.2) is 0 Å². The van der Waals surface area contributed by atoms with E-state index in [1.165, 1.54) is 16.4 Å². The summed E-state index contributed by atoms with van der Waals surface area (Å²) in [7, 11) is -3.91. The van der Waals surface area contributed by atoms with Crippen LogP contribution in [0.4, 0.5) is 5.69 Å². The van der Waals surface area contributed by atoms with Crippen LogP contribution in [0.2, 0.25) is 0 Å². The van der Waals surface area contributed by atoms with Crippen LogP contribution < -0.4 is 9.04 Å². The number of hydrogen-bond acceptors (Lipinski definition) is 4. The number of fused-ring (bicyclic) bond motifs is 1. The Labute approximate surface area is 146 Å². The number of aryl methyl sites for hydroxylation is 2. The summed E-state index contributed by atoms with van der Waals surface area (Å²) >= 11 is 0. The molecule has 1 aliphatic heterocycles. The van der Waals surface area contributed by atoms with Crippen molar-refractivity contribution in [2.45, 2.75) is 31.2 Å². The fourth-order valence-electron chi connectivity index (χ4n) is 2.86. The number of ether oxygens (including phenoxy) is 1. The Morgan fingerprint density at radius 2 is 1.80 bits per heavy atom. The normalized spacial score (nSPS) is 16.9. The number of benzene rings is 2. The minimum atomic E-state index is -3.91. The Kier molecular flexibility index (Phi) is 4.43. The predicted molar refractivity (Wildman–Crippen MR) is 93.6 cm³/mol. The molecule has 0 saturated heterocycles. The van der Waals surface area contributed by atoms with Gasteiger partial charge in [-0.3, -0.25) is 9.10 Å². The van der Waals surface area contributed by atoms with Crippen LogP contribution >= 0.6 is 0 Å². The molecule has 2 aromatic rings. The van der Waals surface area contributed by atoms with Gasteiger partial charge in [-0.05, 0) is 43.7 Å². The molecular weight excluding hydrogens is 342 g/mol. The van der Waals surface area contributed by atoms with Crippen LogP contribution in [0.3, 0.4) is 0 Å². The first kappa shape index (κ1) is 17.3. The van der Waals surface area contributed by atoms with E-state index in [-0.39, 0.29) is 17.9 Å². The van der Waals surface area contributed by atoms with E-state index in [4.69, 9.17) is 4.74 Å². The van der Waals surface area contributed by atoms with Crippen molar-refractivity contribution in [3.05, 3.63) is 53.6 Å². The number of hydrogen-bond donors (Lipinski definition) is 1. The van der Waals surface area contributed by atoms with E-state index in [1.54, 1.807) is 24.3 Å². The Bertz CT molecular complexity index is 906. The Hall–Kier alpha value is -2.54. The van der Waals surface area contributed by atoms with Crippen molar-refractivity contribution < 1.29 is 23.1 Å². The van der Waals surface area contributed by atoms with Crippen molar-refractivity contribution in [3.8, 4) is 5.75 Å². The third-order valence-corrected chi connectivity index (χ3v) is 5.98. The Morgan fingerprint density at radius 3 is 2.44 bits per heavy atom. The van der Waals surface area contributed by atoms with Crippen LogP contribution in [0.25, 0.3) is 0 Å². The van der Waals surface area contributed by atoms with Gasteiger partial charge < -0.3 is 9.84 Å². The van der Waals surface area contributed by atoms with E-state index in [2.05, 4.69) is 0 Å². The van der Waals surface area contributed by atoms with E-state index < -0.39 is 22.0 Å². The van der Waals surface area contributed by atoms with Crippen molar-refractivity contribution in [3.63, 3.8) is 0 Å². The monoisotopic (exact) mass is 361 g/mol. The number of sulfonamides is 1. The average Bonchev–Trinajstić information content (AvgIpc) is 2.54. The lowest BCUT2D eigenvalue weighted by molar-refractivity contribution is -0.137. The zero-order valence-electron chi connectivity index (χ0n) is 14.0. The average molecular weight is 361 g/mol. The van der Waals surface area contributed by atoms with Crippen LogP contribution in [-0.4, -0.2) is 32.1 Å². The second kappa shape index (κ2) is 6.40. The van der Waals surface area contributed by atoms with E-state index >= 15 is 0 Å². The maximum Gasteiger partial charge on any atom is 0.305 e. The van der Waals surface area contributed by atoms with E-state index in [0.29, 0.717) is 11.4 Å². The molecule has 25 heavy (non-hydrogen) atoms. The molecule has 0 saturated carbocycles. The first-order chi connectivity index (χ1) is 11.8. The number of nitrogens with zero attached hydrogens (tertiary/aromatic N) is 1. The zero-order valence-corrected chi connectivity index (χ0v) is 14.8. The summed E-state index contributed by atoms with van der Waals surface area (Å²) in [6, 6.07) is 10.9. The molecule has 132 valence electrons. The van der Waals surface area contributed by atoms with Crippen LogP contribution in [0.5, 0.6) is 5.75 Å². The number of anilines is 1. The highest BCUT2D eigenvalue weighted by atomic mass is 32.2. The topological polar surface area (TPSA) is 83.9 Å². The molecule has 6 nitrogen and oxygen atoms in total. The minimum absolute atomic E-state index is 0.00650. The third kappa shape index (κ3) is 3.32. The summed E-state index contributed by atoms with van der Waals surface area (Å²) in [5.41, 5.74) is 2.18. The SMILES string of the molecule is Cc1ccc(S(=O)(=O)N2c3cc(C)ccc3OC[C@@H]2CC(=O)O)cc1. The largest absolute Gasteiger partial charge is 0.489 e. The highest BCUT2D eigenvalue weighted by Crippen LogP contribution is 2.39. The van der Waals surface area contributed by atoms with E-state index in [0.717, 1.165) is 11.1 Å². The first-order valence-corrected chi connectivity index (χ1v) is 9.29. The maximum atomic E-state index is 13.2. The van der Waals surface area contributed by atoms with Gasteiger partial charge in [0, 0.05) is 0 Å². The molecular formula is C18H19NO5S. The molecule has 0 unspecified atom stereocenters. The molecule has 0 bridgehead atoms. The molecule has 0 amide bonds. The van der Waals surface area contributed by atoms with Gasteiger partial charge in [-0.25, -0.2) is 8.42 Å². The van der Waals surface area contributed by atoms with Gasteiger partial charge in [-0.2, -0.15) is 0 Å². The second-order valence-electron chi connectivity index (χ2n) is 6.15. The third-order valence-electron chi connectivity index (χ3n) is 4.10. The van der Waals surface area contributed by atoms with Crippen molar-refractivity contribution in [1.82, 2.24) is 0 Å². The van der Waals surface area contributed by atoms with Gasteiger partial charge in [-0.1, -0.05) is 23.8 Å². The molecule has 0 aliphatic carbocycles. The van der Waals surface area contributed by atoms with Crippen LogP contribution in [0, 0.1) is 13.8 Å². The fraction of sp³-hybridized carbons (Fsp3) is 0.278. The van der Waals surface area contributed by atoms with Gasteiger partial charge in [-0.15, -0.1) is 0 Å². The highest BCUT2D eigenvalue weighted by molar-refractivity contribution is 7.92. The molecule has 1 heterocycles. The summed E-state index contributed by atoms with van der Waals surface area (Å²) in [6.45, 7) is 3.71. The number of carboxylic acid groups (broad SMARTS) is 1. The lowest BCUT2D eigenvalue weighted by Gasteiger charge is -2.37. The summed E-state index contributed by atoms with van der Waals surface area (Å²) in [6.07, 6.45) is -0.335. The van der Waals surface area contributed by atoms with Crippen molar-refractivity contribution in [2.75, 3.05) is 10.9 Å². The molecule has 0 aromatic heterocycles. The molecule has 0 fully saturated rings. The first-order valence-electron chi connectivity index (χ1n) is 7.85. The van der Waals surface area contributed by atoms with Gasteiger partial charge in [0.1, 0.15) is 12.4 Å². The molecule has 0 radical (unpaired) electrons. The van der Waals surface area contributed by atoms with Gasteiger partial charge in [0.2, 0.25) is 0 Å². The van der Waals surface area contributed by atoms with Crippen LogP contribution in [-0.2, 0) is 14.8 Å². The summed E-state index contributed by atoms with van der Waals surface area (Å²) < 4.78 is 33.3. The predicted octanol–water partition coefficient (Wildman–Crippen LogP) is 2.73. The molecule has 0 spiro atoms. The lowest BCUT2D eigenvalue weighted by Crippen LogP contribution is -2.47. The van der Waals surface area contributed by atoms with Crippen molar-refractivity contribution in [2.24, 2.45) is 0 Å². The number of aliphatic carboxylic acids is 1. The summed E-state index contributed by atoms with van der Waals surface area (Å²) in [5, 5.41) is 9.18. The quantitative estimate of drug-likeness (QED) is 0.905. The van der Waals surface area contributed by atoms with E-state index in [9.17, 15) is 18.3 Å². The van der Waals surface area contributed by atoms with Gasteiger partial charge in [0.05, 0.1) is 23.0 Å². The number of carbonyl (C=O) groups is 1. The number of rotatable bonds is 4. The standard InChI is InChI=1S/C18H19NO5S/c1-12-3-6-15(7-4-12)25(22,23)19-14(10-18(20)21)11-24-17-8-5-13(2)9-16(17)19/h3-9,14H,10-11H2,1-2H3,(H,20,21)/t14-/m0/s1. The molecule has 3 rings (SSSR count). The molecule has 1 aliphatic rings. The van der Waals surface area contributed by atoms with Crippen molar-refractivity contribution in [1.29, 1.82) is 0 Å². The van der Waals surface area contributed by atoms with E-state index in [1.807, 2.05) is 19.9 Å². The molecule has 1 atom stereocenters. The minimum Gasteiger partial charge on any atom is -0.489 e. The smallest absolute Gasteiger partial charge is 0.305 e. The zero-order chi connectivity index (χ0) is 18.2. The van der Waals surface area contributed by atoms with Gasteiger partial charge >= 0.3 is 5.97 Å². The summed E-state index contributed by atoms with van der Waals surface area (Å²) in [5.74, 6) is -0.642. The lowest BCUT2D eigenvalue weighted by atomic mass is 10.1. The van der Waals surface area contributed by atoms with Crippen molar-refractivity contribution >= 4 is 21.7 Å². The summed E-state index contributed by atoms with van der Waals surface area (Å²) in [4.78, 5) is 11.4. The van der Waals surface area contributed by atoms with Crippen LogP contribution in [0.15, 0.2) is 47.4 Å². The second-order valence-corrected chi connectivity index (χ2v) is 7.96. The molecule has 1 N–H and O–H groups in total.